The molecule has 8 heteroatoms. The van der Waals surface area contributed by atoms with Crippen molar-refractivity contribution >= 4 is 5.97 Å². The number of hydrogen-bond donors (Lipinski definition) is 1. The van der Waals surface area contributed by atoms with Crippen LogP contribution < -0.4 is 0 Å². The van der Waals surface area contributed by atoms with Crippen LogP contribution in [0.15, 0.2) is 36.4 Å². The van der Waals surface area contributed by atoms with Crippen LogP contribution in [0.5, 0.6) is 0 Å². The summed E-state index contributed by atoms with van der Waals surface area (Å²) in [4.78, 5) is 12.6. The van der Waals surface area contributed by atoms with E-state index in [-0.39, 0.29) is 36.4 Å². The highest BCUT2D eigenvalue weighted by molar-refractivity contribution is 5.73. The number of carboxylic acids is 1. The number of alkyl halides is 3. The summed E-state index contributed by atoms with van der Waals surface area (Å²) in [7, 11) is 1.68. The Kier molecular flexibility index (Phi) is 7.15. The minimum absolute atomic E-state index is 0.0623. The zero-order valence-corrected chi connectivity index (χ0v) is 15.5. The molecular weight excluding hydrogens is 378 g/mol. The number of nitrogens with zero attached hydrogens (tertiary/aromatic N) is 1. The number of aliphatic carboxylic acids is 1. The molecule has 0 atom stereocenters. The molecule has 2 rings (SSSR count). The van der Waals surface area contributed by atoms with Gasteiger partial charge < -0.3 is 9.84 Å². The highest BCUT2D eigenvalue weighted by Gasteiger charge is 2.31. The molecule has 0 heterocycles. The zero-order chi connectivity index (χ0) is 20.9. The van der Waals surface area contributed by atoms with E-state index in [1.165, 1.54) is 18.2 Å². The first kappa shape index (κ1) is 21.8. The fourth-order valence-electron chi connectivity index (χ4n) is 2.81. The van der Waals surface area contributed by atoms with Crippen molar-refractivity contribution in [3.8, 4) is 11.1 Å². The number of ether oxygens (including phenoxy) is 1. The third-order valence-corrected chi connectivity index (χ3v) is 4.06. The van der Waals surface area contributed by atoms with Gasteiger partial charge in [0, 0.05) is 18.7 Å². The summed E-state index contributed by atoms with van der Waals surface area (Å²) in [6, 6.07) is 6.93. The van der Waals surface area contributed by atoms with Crippen molar-refractivity contribution in [1.82, 2.24) is 4.90 Å². The fourth-order valence-corrected chi connectivity index (χ4v) is 2.81. The summed E-state index contributed by atoms with van der Waals surface area (Å²) in [5.74, 6) is -1.72. The largest absolute Gasteiger partial charge is 0.481 e. The second-order valence-corrected chi connectivity index (χ2v) is 6.39. The number of benzene rings is 2. The average molecular weight is 399 g/mol. The van der Waals surface area contributed by atoms with Crippen molar-refractivity contribution in [3.05, 3.63) is 58.9 Å². The van der Waals surface area contributed by atoms with E-state index < -0.39 is 23.5 Å². The van der Waals surface area contributed by atoms with Crippen molar-refractivity contribution in [3.63, 3.8) is 0 Å². The molecule has 0 aliphatic carbocycles. The van der Waals surface area contributed by atoms with Crippen molar-refractivity contribution in [1.29, 1.82) is 0 Å². The Morgan fingerprint density at radius 3 is 2.46 bits per heavy atom. The van der Waals surface area contributed by atoms with E-state index in [1.54, 1.807) is 18.9 Å². The van der Waals surface area contributed by atoms with Gasteiger partial charge in [0.1, 0.15) is 5.82 Å². The molecule has 0 aliphatic heterocycles. The van der Waals surface area contributed by atoms with Crippen LogP contribution in [0.4, 0.5) is 17.6 Å². The lowest BCUT2D eigenvalue weighted by atomic mass is 9.94. The molecule has 1 N–H and O–H groups in total. The van der Waals surface area contributed by atoms with Gasteiger partial charge in [-0.2, -0.15) is 13.2 Å². The molecule has 0 bridgehead atoms. The topological polar surface area (TPSA) is 49.8 Å². The Hall–Kier alpha value is -2.45. The van der Waals surface area contributed by atoms with Crippen molar-refractivity contribution in [2.75, 3.05) is 20.4 Å². The maximum Gasteiger partial charge on any atom is 0.416 e. The Morgan fingerprint density at radius 2 is 1.86 bits per heavy atom. The lowest BCUT2D eigenvalue weighted by Gasteiger charge is -2.20. The van der Waals surface area contributed by atoms with Gasteiger partial charge in [0.25, 0.3) is 0 Å². The predicted molar refractivity (Wildman–Crippen MR) is 96.1 cm³/mol. The van der Waals surface area contributed by atoms with Gasteiger partial charge in [-0.1, -0.05) is 12.1 Å². The summed E-state index contributed by atoms with van der Waals surface area (Å²) in [6.07, 6.45) is -4.84. The van der Waals surface area contributed by atoms with E-state index in [1.807, 2.05) is 0 Å². The van der Waals surface area contributed by atoms with Gasteiger partial charge in [0.05, 0.1) is 18.7 Å². The van der Waals surface area contributed by atoms with Gasteiger partial charge in [-0.3, -0.25) is 9.69 Å². The number of halogens is 4. The van der Waals surface area contributed by atoms with Gasteiger partial charge in [-0.15, -0.1) is 0 Å². The van der Waals surface area contributed by atoms with Gasteiger partial charge in [-0.05, 0) is 54.9 Å². The normalized spacial score (nSPS) is 11.8. The highest BCUT2D eigenvalue weighted by Crippen LogP contribution is 2.35. The molecule has 2 aromatic rings. The first-order valence-corrected chi connectivity index (χ1v) is 8.58. The van der Waals surface area contributed by atoms with Crippen LogP contribution in [0, 0.1) is 5.82 Å². The smallest absolute Gasteiger partial charge is 0.416 e. The lowest BCUT2D eigenvalue weighted by molar-refractivity contribution is -0.138. The van der Waals surface area contributed by atoms with E-state index in [0.29, 0.717) is 12.2 Å². The first-order valence-electron chi connectivity index (χ1n) is 8.58. The summed E-state index contributed by atoms with van der Waals surface area (Å²) in [5.41, 5.74) is 0.132. The minimum atomic E-state index is -4.53. The van der Waals surface area contributed by atoms with E-state index in [9.17, 15) is 22.4 Å². The second kappa shape index (κ2) is 9.16. The minimum Gasteiger partial charge on any atom is -0.481 e. The molecule has 0 aromatic heterocycles. The van der Waals surface area contributed by atoms with Crippen LogP contribution in [0.25, 0.3) is 11.1 Å². The monoisotopic (exact) mass is 399 g/mol. The average Bonchev–Trinajstić information content (AvgIpc) is 2.60. The van der Waals surface area contributed by atoms with Crippen LogP contribution in [-0.2, 0) is 28.7 Å². The van der Waals surface area contributed by atoms with Crippen LogP contribution in [0.1, 0.15) is 23.6 Å². The van der Waals surface area contributed by atoms with Gasteiger partial charge in [0.15, 0.2) is 0 Å². The van der Waals surface area contributed by atoms with Crippen molar-refractivity contribution in [2.24, 2.45) is 0 Å². The maximum atomic E-state index is 14.4. The van der Waals surface area contributed by atoms with Gasteiger partial charge in [0.2, 0.25) is 0 Å². The van der Waals surface area contributed by atoms with Gasteiger partial charge >= 0.3 is 12.1 Å². The molecule has 0 radical (unpaired) electrons. The Morgan fingerprint density at radius 1 is 1.14 bits per heavy atom. The van der Waals surface area contributed by atoms with E-state index in [4.69, 9.17) is 9.84 Å². The quantitative estimate of drug-likeness (QED) is 0.522. The fraction of sp³-hybridized carbons (Fsp3) is 0.350. The van der Waals surface area contributed by atoms with Crippen LogP contribution in [0.2, 0.25) is 0 Å². The van der Waals surface area contributed by atoms with E-state index in [2.05, 4.69) is 0 Å². The third kappa shape index (κ3) is 5.77. The molecule has 28 heavy (non-hydrogen) atoms. The Balaban J connectivity index is 2.51. The number of carboxylic acid groups (broad SMARTS) is 1. The summed E-state index contributed by atoms with van der Waals surface area (Å²) in [6.45, 7) is 2.55. The number of hydrogen-bond acceptors (Lipinski definition) is 3. The Labute approximate surface area is 160 Å². The molecular formula is C20H21F4NO3. The third-order valence-electron chi connectivity index (χ3n) is 4.06. The molecule has 0 spiro atoms. The highest BCUT2D eigenvalue weighted by atomic mass is 19.4. The molecule has 4 nitrogen and oxygen atoms in total. The first-order chi connectivity index (χ1) is 13.1. The number of carbonyl (C=O) groups is 1. The molecule has 0 amide bonds. The molecule has 152 valence electrons. The van der Waals surface area contributed by atoms with E-state index in [0.717, 1.165) is 18.2 Å². The van der Waals surface area contributed by atoms with Gasteiger partial charge in [-0.25, -0.2) is 4.39 Å². The molecule has 2 aromatic carbocycles. The Bertz CT molecular complexity index is 837. The number of rotatable bonds is 8. The van der Waals surface area contributed by atoms with Crippen molar-refractivity contribution < 1.29 is 32.2 Å². The van der Waals surface area contributed by atoms with Crippen molar-refractivity contribution in [2.45, 2.75) is 26.1 Å². The van der Waals surface area contributed by atoms with E-state index >= 15 is 0 Å². The molecule has 0 saturated heterocycles. The molecule has 0 fully saturated rings. The predicted octanol–water partition coefficient (Wildman–Crippen LogP) is 4.56. The summed E-state index contributed by atoms with van der Waals surface area (Å²) >= 11 is 0. The zero-order valence-electron chi connectivity index (χ0n) is 15.5. The summed E-state index contributed by atoms with van der Waals surface area (Å²) < 4.78 is 59.2. The SMILES string of the molecule is CCOCN(C)Cc1cc(C(F)(F)F)ccc1-c1cc(CC(=O)O)ccc1F. The van der Waals surface area contributed by atoms with Crippen LogP contribution in [-0.4, -0.2) is 36.4 Å². The molecule has 0 unspecified atom stereocenters. The maximum absolute atomic E-state index is 14.4. The molecule has 0 aliphatic rings. The van der Waals surface area contributed by atoms with Crippen LogP contribution >= 0.6 is 0 Å². The van der Waals surface area contributed by atoms with Crippen LogP contribution in [0.3, 0.4) is 0 Å². The molecule has 0 saturated carbocycles. The lowest BCUT2D eigenvalue weighted by Crippen LogP contribution is -2.22. The standard InChI is InChI=1S/C20H21F4NO3/c1-3-28-12-25(2)11-14-10-15(20(22,23)24)5-6-16(14)17-8-13(9-19(26)27)4-7-18(17)21/h4-8,10H,3,9,11-12H2,1-2H3,(H,26,27). The second-order valence-electron chi connectivity index (χ2n) is 6.39. The summed E-state index contributed by atoms with van der Waals surface area (Å²) in [5, 5.41) is 8.94.